The molecule has 2 rings (SSSR count). The van der Waals surface area contributed by atoms with E-state index in [-0.39, 0.29) is 16.4 Å². The molecule has 23 heavy (non-hydrogen) atoms. The van der Waals surface area contributed by atoms with Gasteiger partial charge in [-0.15, -0.1) is 0 Å². The number of nitrogens with one attached hydrogen (secondary N) is 2. The highest BCUT2D eigenvalue weighted by Gasteiger charge is 2.25. The zero-order chi connectivity index (χ0) is 16.9. The molecule has 1 amide bonds. The van der Waals surface area contributed by atoms with E-state index in [0.29, 0.717) is 12.5 Å². The van der Waals surface area contributed by atoms with Crippen LogP contribution >= 0.6 is 0 Å². The average molecular weight is 338 g/mol. The quantitative estimate of drug-likeness (QED) is 0.832. The summed E-state index contributed by atoms with van der Waals surface area (Å²) in [4.78, 5) is 12.5. The Morgan fingerprint density at radius 3 is 2.74 bits per heavy atom. The standard InChI is InChI=1S/C17H26N2O3S/c1-13(2)23(21,22)16-8-4-3-7-15(16)17(20)19-11-9-14-6-5-10-18-12-14/h3-4,7-8,13-14,18H,5-6,9-12H2,1-2H3,(H,19,20). The van der Waals surface area contributed by atoms with Crippen LogP contribution in [0.1, 0.15) is 43.5 Å². The van der Waals surface area contributed by atoms with E-state index in [4.69, 9.17) is 0 Å². The first kappa shape index (κ1) is 17.9. The van der Waals surface area contributed by atoms with Crippen LogP contribution in [0.4, 0.5) is 0 Å². The van der Waals surface area contributed by atoms with Crippen molar-refractivity contribution < 1.29 is 13.2 Å². The Balaban J connectivity index is 2.02. The third-order valence-corrected chi connectivity index (χ3v) is 6.51. The van der Waals surface area contributed by atoms with Crippen LogP contribution in [0.25, 0.3) is 0 Å². The van der Waals surface area contributed by atoms with Crippen molar-refractivity contribution in [1.29, 1.82) is 0 Å². The van der Waals surface area contributed by atoms with Gasteiger partial charge in [0.05, 0.1) is 15.7 Å². The van der Waals surface area contributed by atoms with Crippen LogP contribution < -0.4 is 10.6 Å². The summed E-state index contributed by atoms with van der Waals surface area (Å²) in [6.45, 7) is 5.89. The first-order valence-corrected chi connectivity index (χ1v) is 9.79. The molecule has 1 unspecified atom stereocenters. The van der Waals surface area contributed by atoms with Crippen molar-refractivity contribution in [3.05, 3.63) is 29.8 Å². The fraction of sp³-hybridized carbons (Fsp3) is 0.588. The number of carbonyl (C=O) groups excluding carboxylic acids is 1. The molecule has 0 radical (unpaired) electrons. The van der Waals surface area contributed by atoms with Gasteiger partial charge >= 0.3 is 0 Å². The van der Waals surface area contributed by atoms with Gasteiger partial charge < -0.3 is 10.6 Å². The lowest BCUT2D eigenvalue weighted by molar-refractivity contribution is 0.0947. The molecular formula is C17H26N2O3S. The number of hydrogen-bond acceptors (Lipinski definition) is 4. The fourth-order valence-corrected chi connectivity index (χ4v) is 4.06. The molecule has 1 atom stereocenters. The summed E-state index contributed by atoms with van der Waals surface area (Å²) in [6.07, 6.45) is 3.27. The largest absolute Gasteiger partial charge is 0.352 e. The monoisotopic (exact) mass is 338 g/mol. The van der Waals surface area contributed by atoms with E-state index in [9.17, 15) is 13.2 Å². The van der Waals surface area contributed by atoms with Crippen molar-refractivity contribution in [3.8, 4) is 0 Å². The maximum absolute atomic E-state index is 12.4. The van der Waals surface area contributed by atoms with E-state index in [2.05, 4.69) is 10.6 Å². The number of sulfone groups is 1. The lowest BCUT2D eigenvalue weighted by atomic mass is 9.96. The normalized spacial score (nSPS) is 18.8. The molecule has 1 saturated heterocycles. The van der Waals surface area contributed by atoms with Crippen molar-refractivity contribution >= 4 is 15.7 Å². The number of rotatable bonds is 6. The molecule has 6 heteroatoms. The zero-order valence-electron chi connectivity index (χ0n) is 13.8. The van der Waals surface area contributed by atoms with Crippen LogP contribution in [0.3, 0.4) is 0 Å². The predicted molar refractivity (Wildman–Crippen MR) is 91.3 cm³/mol. The molecule has 1 aromatic carbocycles. The van der Waals surface area contributed by atoms with Crippen LogP contribution in [-0.4, -0.2) is 39.2 Å². The van der Waals surface area contributed by atoms with E-state index >= 15 is 0 Å². The van der Waals surface area contributed by atoms with Gasteiger partial charge in [-0.1, -0.05) is 12.1 Å². The number of carbonyl (C=O) groups is 1. The third-order valence-electron chi connectivity index (χ3n) is 4.30. The smallest absolute Gasteiger partial charge is 0.252 e. The van der Waals surface area contributed by atoms with Gasteiger partial charge in [-0.25, -0.2) is 8.42 Å². The average Bonchev–Trinajstić information content (AvgIpc) is 2.55. The summed E-state index contributed by atoms with van der Waals surface area (Å²) in [5.74, 6) is 0.271. The highest BCUT2D eigenvalue weighted by atomic mass is 32.2. The molecule has 0 saturated carbocycles. The fourth-order valence-electron chi connectivity index (χ4n) is 2.81. The van der Waals surface area contributed by atoms with Gasteiger partial charge in [0, 0.05) is 6.54 Å². The molecule has 0 spiro atoms. The van der Waals surface area contributed by atoms with Gasteiger partial charge in [0.25, 0.3) is 5.91 Å². The summed E-state index contributed by atoms with van der Waals surface area (Å²) >= 11 is 0. The molecule has 1 fully saturated rings. The summed E-state index contributed by atoms with van der Waals surface area (Å²) in [6, 6.07) is 6.43. The summed E-state index contributed by atoms with van der Waals surface area (Å²) in [7, 11) is -3.47. The lowest BCUT2D eigenvalue weighted by Crippen LogP contribution is -2.33. The van der Waals surface area contributed by atoms with E-state index in [1.54, 1.807) is 32.0 Å². The van der Waals surface area contributed by atoms with Crippen molar-refractivity contribution in [1.82, 2.24) is 10.6 Å². The molecule has 1 aliphatic rings. The predicted octanol–water partition coefficient (Wildman–Crippen LogP) is 1.99. The maximum atomic E-state index is 12.4. The van der Waals surface area contributed by atoms with E-state index < -0.39 is 15.1 Å². The van der Waals surface area contributed by atoms with Crippen molar-refractivity contribution in [2.45, 2.75) is 43.3 Å². The minimum absolute atomic E-state index is 0.117. The summed E-state index contributed by atoms with van der Waals surface area (Å²) < 4.78 is 24.8. The van der Waals surface area contributed by atoms with Crippen molar-refractivity contribution in [2.75, 3.05) is 19.6 Å². The SMILES string of the molecule is CC(C)S(=O)(=O)c1ccccc1C(=O)NCCC1CCCNC1. The zero-order valence-corrected chi connectivity index (χ0v) is 14.7. The van der Waals surface area contributed by atoms with E-state index in [1.807, 2.05) is 0 Å². The molecule has 1 aromatic rings. The molecule has 0 aliphatic carbocycles. The Hall–Kier alpha value is -1.40. The van der Waals surface area contributed by atoms with Gasteiger partial charge in [-0.05, 0) is 64.3 Å². The first-order chi connectivity index (χ1) is 10.9. The van der Waals surface area contributed by atoms with E-state index in [1.165, 1.54) is 18.9 Å². The Kier molecular flexibility index (Phi) is 6.18. The molecule has 128 valence electrons. The topological polar surface area (TPSA) is 75.3 Å². The number of amides is 1. The summed E-state index contributed by atoms with van der Waals surface area (Å²) in [5, 5.41) is 5.67. The Morgan fingerprint density at radius 2 is 2.09 bits per heavy atom. The highest BCUT2D eigenvalue weighted by Crippen LogP contribution is 2.20. The van der Waals surface area contributed by atoms with Gasteiger partial charge in [-0.2, -0.15) is 0 Å². The maximum Gasteiger partial charge on any atom is 0.252 e. The van der Waals surface area contributed by atoms with Gasteiger partial charge in [0.15, 0.2) is 9.84 Å². The van der Waals surface area contributed by atoms with E-state index in [0.717, 1.165) is 19.5 Å². The van der Waals surface area contributed by atoms with Crippen LogP contribution in [0.15, 0.2) is 29.2 Å². The second-order valence-corrected chi connectivity index (χ2v) is 8.82. The third kappa shape index (κ3) is 4.54. The molecule has 5 nitrogen and oxygen atoms in total. The number of piperidine rings is 1. The minimum atomic E-state index is -3.47. The van der Waals surface area contributed by atoms with Crippen LogP contribution in [0.2, 0.25) is 0 Å². The number of hydrogen-bond donors (Lipinski definition) is 2. The molecule has 2 N–H and O–H groups in total. The number of benzene rings is 1. The molecule has 0 bridgehead atoms. The lowest BCUT2D eigenvalue weighted by Gasteiger charge is -2.22. The Labute approximate surface area is 138 Å². The van der Waals surface area contributed by atoms with Crippen LogP contribution in [0, 0.1) is 5.92 Å². The highest BCUT2D eigenvalue weighted by molar-refractivity contribution is 7.92. The summed E-state index contributed by atoms with van der Waals surface area (Å²) in [5.41, 5.74) is 0.239. The van der Waals surface area contributed by atoms with Gasteiger partial charge in [0.2, 0.25) is 0 Å². The molecular weight excluding hydrogens is 312 g/mol. The Morgan fingerprint density at radius 1 is 1.35 bits per heavy atom. The molecule has 0 aromatic heterocycles. The van der Waals surface area contributed by atoms with Crippen LogP contribution in [-0.2, 0) is 9.84 Å². The van der Waals surface area contributed by atoms with Gasteiger partial charge in [-0.3, -0.25) is 4.79 Å². The van der Waals surface area contributed by atoms with Crippen molar-refractivity contribution in [3.63, 3.8) is 0 Å². The van der Waals surface area contributed by atoms with Crippen LogP contribution in [0.5, 0.6) is 0 Å². The Bertz CT molecular complexity index is 635. The minimum Gasteiger partial charge on any atom is -0.352 e. The molecule has 1 aliphatic heterocycles. The second kappa shape index (κ2) is 7.93. The van der Waals surface area contributed by atoms with Gasteiger partial charge in [0.1, 0.15) is 0 Å². The second-order valence-electron chi connectivity index (χ2n) is 6.35. The first-order valence-electron chi connectivity index (χ1n) is 8.24. The van der Waals surface area contributed by atoms with Crippen molar-refractivity contribution in [2.24, 2.45) is 5.92 Å². The molecule has 1 heterocycles.